The van der Waals surface area contributed by atoms with E-state index in [1.54, 1.807) is 14.2 Å². The van der Waals surface area contributed by atoms with Crippen molar-refractivity contribution < 1.29 is 29.2 Å². The van der Waals surface area contributed by atoms with Crippen LogP contribution in [0.4, 0.5) is 0 Å². The van der Waals surface area contributed by atoms with Crippen molar-refractivity contribution in [3.05, 3.63) is 119 Å². The molecule has 0 heterocycles. The molecule has 4 rings (SSSR count). The lowest BCUT2D eigenvalue weighted by Gasteiger charge is -2.25. The van der Waals surface area contributed by atoms with E-state index in [-0.39, 0.29) is 25.0 Å². The molecule has 0 aromatic heterocycles. The summed E-state index contributed by atoms with van der Waals surface area (Å²) in [5, 5.41) is 20.5. The Labute approximate surface area is 236 Å². The van der Waals surface area contributed by atoms with Gasteiger partial charge in [-0.2, -0.15) is 0 Å². The fourth-order valence-electron chi connectivity index (χ4n) is 4.75. The van der Waals surface area contributed by atoms with Crippen LogP contribution in [0.1, 0.15) is 22.3 Å². The average Bonchev–Trinajstić information content (AvgIpc) is 3.02. The van der Waals surface area contributed by atoms with Crippen molar-refractivity contribution in [2.24, 2.45) is 11.8 Å². The molecular formula is C34H38O6. The monoisotopic (exact) mass is 542 g/mol. The number of rotatable bonds is 15. The summed E-state index contributed by atoms with van der Waals surface area (Å²) in [5.74, 6) is 2.31. The van der Waals surface area contributed by atoms with Crippen molar-refractivity contribution in [2.75, 3.05) is 27.4 Å². The zero-order chi connectivity index (χ0) is 28.2. The maximum atomic E-state index is 10.3. The van der Waals surface area contributed by atoms with Crippen LogP contribution in [0.25, 0.3) is 0 Å². The Morgan fingerprint density at radius 2 is 0.900 bits per heavy atom. The van der Waals surface area contributed by atoms with E-state index in [1.807, 2.05) is 97.1 Å². The smallest absolute Gasteiger partial charge is 0.161 e. The molecule has 0 aliphatic carbocycles. The molecule has 6 nitrogen and oxygen atoms in total. The molecule has 0 aliphatic rings. The molecule has 0 amide bonds. The number of ether oxygens (including phenoxy) is 4. The Bertz CT molecular complexity index is 1210. The van der Waals surface area contributed by atoms with Crippen LogP contribution < -0.4 is 18.9 Å². The number of methoxy groups -OCH3 is 2. The van der Waals surface area contributed by atoms with Crippen molar-refractivity contribution >= 4 is 0 Å². The number of benzene rings is 4. The van der Waals surface area contributed by atoms with E-state index in [0.717, 1.165) is 22.3 Å². The van der Waals surface area contributed by atoms with Crippen LogP contribution in [0.5, 0.6) is 23.0 Å². The second-order valence-electron chi connectivity index (χ2n) is 9.81. The van der Waals surface area contributed by atoms with E-state index in [9.17, 15) is 10.2 Å². The second-order valence-corrected chi connectivity index (χ2v) is 9.81. The van der Waals surface area contributed by atoms with Gasteiger partial charge in [-0.1, -0.05) is 72.8 Å². The molecule has 0 fully saturated rings. The summed E-state index contributed by atoms with van der Waals surface area (Å²) < 4.78 is 23.2. The van der Waals surface area contributed by atoms with Gasteiger partial charge < -0.3 is 29.2 Å². The van der Waals surface area contributed by atoms with E-state index in [4.69, 9.17) is 18.9 Å². The van der Waals surface area contributed by atoms with Crippen LogP contribution in [-0.4, -0.2) is 37.6 Å². The minimum absolute atomic E-state index is 0.0464. The summed E-state index contributed by atoms with van der Waals surface area (Å²) in [6.45, 7) is 0.800. The fraction of sp³-hybridized carbons (Fsp3) is 0.294. The Morgan fingerprint density at radius 3 is 1.25 bits per heavy atom. The van der Waals surface area contributed by atoms with Gasteiger partial charge in [0.05, 0.1) is 14.2 Å². The molecule has 0 saturated carbocycles. The van der Waals surface area contributed by atoms with Crippen LogP contribution in [0.3, 0.4) is 0 Å². The van der Waals surface area contributed by atoms with Gasteiger partial charge in [0, 0.05) is 13.2 Å². The predicted molar refractivity (Wildman–Crippen MR) is 156 cm³/mol. The molecule has 0 saturated heterocycles. The maximum absolute atomic E-state index is 10.3. The highest BCUT2D eigenvalue weighted by atomic mass is 16.5. The lowest BCUT2D eigenvalue weighted by atomic mass is 9.83. The topological polar surface area (TPSA) is 77.4 Å². The lowest BCUT2D eigenvalue weighted by Crippen LogP contribution is -2.26. The number of hydrogen-bond acceptors (Lipinski definition) is 6. The van der Waals surface area contributed by atoms with Crippen LogP contribution in [0.15, 0.2) is 97.1 Å². The molecule has 0 aliphatic heterocycles. The van der Waals surface area contributed by atoms with Crippen LogP contribution >= 0.6 is 0 Å². The molecule has 4 aromatic rings. The Kier molecular flexibility index (Phi) is 10.8. The van der Waals surface area contributed by atoms with E-state index in [0.29, 0.717) is 49.1 Å². The van der Waals surface area contributed by atoms with E-state index in [2.05, 4.69) is 0 Å². The highest BCUT2D eigenvalue weighted by Crippen LogP contribution is 2.33. The highest BCUT2D eigenvalue weighted by Gasteiger charge is 2.23. The SMILES string of the molecule is COc1cc(C[C@H](CO)[C@@H](CO)Cc2ccc(OCc3ccccc3)c(OC)c2)ccc1OCc1ccccc1. The van der Waals surface area contributed by atoms with Crippen molar-refractivity contribution in [3.63, 3.8) is 0 Å². The minimum Gasteiger partial charge on any atom is -0.493 e. The van der Waals surface area contributed by atoms with Crippen LogP contribution in [0, 0.1) is 11.8 Å². The molecular weight excluding hydrogens is 504 g/mol. The Hall–Kier alpha value is -4.00. The summed E-state index contributed by atoms with van der Waals surface area (Å²) in [6, 6.07) is 31.6. The zero-order valence-corrected chi connectivity index (χ0v) is 23.2. The normalized spacial score (nSPS) is 12.4. The van der Waals surface area contributed by atoms with Crippen LogP contribution in [0.2, 0.25) is 0 Å². The van der Waals surface area contributed by atoms with Gasteiger partial charge in [-0.3, -0.25) is 0 Å². The van der Waals surface area contributed by atoms with Crippen molar-refractivity contribution in [2.45, 2.75) is 26.1 Å². The van der Waals surface area contributed by atoms with Crippen molar-refractivity contribution in [3.8, 4) is 23.0 Å². The summed E-state index contributed by atoms with van der Waals surface area (Å²) in [4.78, 5) is 0. The number of hydrogen-bond donors (Lipinski definition) is 2. The van der Waals surface area contributed by atoms with Crippen LogP contribution in [-0.2, 0) is 26.1 Å². The van der Waals surface area contributed by atoms with Gasteiger partial charge in [0.2, 0.25) is 0 Å². The van der Waals surface area contributed by atoms with Gasteiger partial charge in [0.15, 0.2) is 23.0 Å². The maximum Gasteiger partial charge on any atom is 0.161 e. The number of aliphatic hydroxyl groups is 2. The Morgan fingerprint density at radius 1 is 0.500 bits per heavy atom. The summed E-state index contributed by atoms with van der Waals surface area (Å²) in [5.41, 5.74) is 4.16. The standard InChI is InChI=1S/C34H38O6/c1-37-33-19-27(13-15-31(33)39-23-25-9-5-3-6-10-25)17-29(21-35)30(22-36)18-28-14-16-32(34(20-28)38-2)40-24-26-11-7-4-8-12-26/h3-16,19-20,29-30,35-36H,17-18,21-24H2,1-2H3/t29-,30-/m1/s1. The van der Waals surface area contributed by atoms with Gasteiger partial charge in [-0.25, -0.2) is 0 Å². The lowest BCUT2D eigenvalue weighted by molar-refractivity contribution is 0.119. The first kappa shape index (κ1) is 29.0. The van der Waals surface area contributed by atoms with Crippen molar-refractivity contribution in [1.29, 1.82) is 0 Å². The van der Waals surface area contributed by atoms with Gasteiger partial charge in [0.1, 0.15) is 13.2 Å². The predicted octanol–water partition coefficient (Wildman–Crippen LogP) is 5.86. The third-order valence-corrected chi connectivity index (χ3v) is 7.06. The third kappa shape index (κ3) is 8.01. The molecule has 210 valence electrons. The van der Waals surface area contributed by atoms with Gasteiger partial charge in [0.25, 0.3) is 0 Å². The molecule has 6 heteroatoms. The van der Waals surface area contributed by atoms with Gasteiger partial charge in [-0.15, -0.1) is 0 Å². The summed E-state index contributed by atoms with van der Waals surface area (Å²) in [6.07, 6.45) is 1.18. The molecule has 0 bridgehead atoms. The van der Waals surface area contributed by atoms with Gasteiger partial charge in [-0.05, 0) is 71.2 Å². The molecule has 0 spiro atoms. The number of aliphatic hydroxyl groups excluding tert-OH is 2. The highest BCUT2D eigenvalue weighted by molar-refractivity contribution is 5.44. The first-order valence-electron chi connectivity index (χ1n) is 13.5. The molecule has 2 atom stereocenters. The summed E-state index contributed by atoms with van der Waals surface area (Å²) >= 11 is 0. The summed E-state index contributed by atoms with van der Waals surface area (Å²) in [7, 11) is 3.24. The third-order valence-electron chi connectivity index (χ3n) is 7.06. The molecule has 0 unspecified atom stereocenters. The molecule has 2 N–H and O–H groups in total. The first-order chi connectivity index (χ1) is 19.6. The first-order valence-corrected chi connectivity index (χ1v) is 13.5. The largest absolute Gasteiger partial charge is 0.493 e. The zero-order valence-electron chi connectivity index (χ0n) is 23.2. The molecule has 40 heavy (non-hydrogen) atoms. The fourth-order valence-corrected chi connectivity index (χ4v) is 4.75. The molecule has 4 aromatic carbocycles. The van der Waals surface area contributed by atoms with E-state index < -0.39 is 0 Å². The van der Waals surface area contributed by atoms with E-state index >= 15 is 0 Å². The average molecular weight is 543 g/mol. The minimum atomic E-state index is -0.147. The van der Waals surface area contributed by atoms with E-state index in [1.165, 1.54) is 0 Å². The quantitative estimate of drug-likeness (QED) is 0.196. The molecule has 0 radical (unpaired) electrons. The van der Waals surface area contributed by atoms with Gasteiger partial charge >= 0.3 is 0 Å². The van der Waals surface area contributed by atoms with Crippen molar-refractivity contribution in [1.82, 2.24) is 0 Å². The Balaban J connectivity index is 1.40. The second kappa shape index (κ2) is 15.0.